The van der Waals surface area contributed by atoms with Gasteiger partial charge in [-0.1, -0.05) is 6.92 Å². The molecule has 0 saturated carbocycles. The number of ether oxygens (including phenoxy) is 1. The maximum atomic E-state index is 12.6. The van der Waals surface area contributed by atoms with Gasteiger partial charge in [-0.25, -0.2) is 9.83 Å². The molecule has 7 heteroatoms. The van der Waals surface area contributed by atoms with Gasteiger partial charge >= 0.3 is 0 Å². The van der Waals surface area contributed by atoms with Gasteiger partial charge in [0.1, 0.15) is 12.1 Å². The van der Waals surface area contributed by atoms with Crippen LogP contribution < -0.4 is 15.8 Å². The van der Waals surface area contributed by atoms with Crippen LogP contribution in [-0.2, 0) is 10.6 Å². The summed E-state index contributed by atoms with van der Waals surface area (Å²) in [5, 5.41) is 0.825. The van der Waals surface area contributed by atoms with E-state index in [4.69, 9.17) is 9.57 Å². The third-order valence-electron chi connectivity index (χ3n) is 4.59. The van der Waals surface area contributed by atoms with Gasteiger partial charge in [0.25, 0.3) is 5.56 Å². The Balaban J connectivity index is 1.93. The average Bonchev–Trinajstić information content (AvgIpc) is 3.17. The zero-order valence-corrected chi connectivity index (χ0v) is 14.4. The Labute approximate surface area is 149 Å². The molecule has 132 valence electrons. The van der Waals surface area contributed by atoms with Crippen molar-refractivity contribution in [1.29, 1.82) is 0 Å². The third-order valence-corrected chi connectivity index (χ3v) is 4.59. The number of fused-ring (bicyclic) bond motifs is 1. The smallest absolute Gasteiger partial charge is 0.256 e. The highest BCUT2D eigenvalue weighted by molar-refractivity contribution is 5.92. The van der Waals surface area contributed by atoms with Crippen LogP contribution in [0, 0.1) is 0 Å². The summed E-state index contributed by atoms with van der Waals surface area (Å²) in [7, 11) is 1.63. The van der Waals surface area contributed by atoms with E-state index < -0.39 is 5.72 Å². The number of methoxy groups -OCH3 is 1. The molecule has 0 radical (unpaired) electrons. The number of rotatable bonds is 4. The lowest BCUT2D eigenvalue weighted by molar-refractivity contribution is -0.0620. The van der Waals surface area contributed by atoms with E-state index in [1.807, 2.05) is 37.3 Å². The number of nitrogens with one attached hydrogen (secondary N) is 2. The van der Waals surface area contributed by atoms with Gasteiger partial charge in [0.15, 0.2) is 0 Å². The van der Waals surface area contributed by atoms with E-state index in [1.165, 1.54) is 6.34 Å². The molecule has 3 aromatic rings. The molecule has 0 fully saturated rings. The normalized spacial score (nSPS) is 18.8. The van der Waals surface area contributed by atoms with Crippen molar-refractivity contribution in [2.45, 2.75) is 19.1 Å². The molecule has 3 heterocycles. The van der Waals surface area contributed by atoms with Crippen molar-refractivity contribution in [2.24, 2.45) is 4.99 Å². The molecule has 1 atom stereocenters. The molecule has 0 amide bonds. The Morgan fingerprint density at radius 1 is 1.23 bits per heavy atom. The zero-order chi connectivity index (χ0) is 18.1. The first-order valence-electron chi connectivity index (χ1n) is 8.31. The largest absolute Gasteiger partial charge is 0.497 e. The number of benzene rings is 1. The van der Waals surface area contributed by atoms with E-state index in [2.05, 4.69) is 20.4 Å². The van der Waals surface area contributed by atoms with E-state index in [0.717, 1.165) is 22.4 Å². The molecule has 4 rings (SSSR count). The Morgan fingerprint density at radius 2 is 2.04 bits per heavy atom. The second-order valence-corrected chi connectivity index (χ2v) is 5.98. The summed E-state index contributed by atoms with van der Waals surface area (Å²) >= 11 is 0. The van der Waals surface area contributed by atoms with Gasteiger partial charge in [0.2, 0.25) is 5.72 Å². The minimum absolute atomic E-state index is 0.230. The van der Waals surface area contributed by atoms with Crippen LogP contribution in [0.25, 0.3) is 22.2 Å². The molecule has 0 bridgehead atoms. The fraction of sp³-hybridized carbons (Fsp3) is 0.211. The van der Waals surface area contributed by atoms with E-state index >= 15 is 0 Å². The van der Waals surface area contributed by atoms with Gasteiger partial charge in [0.05, 0.1) is 23.9 Å². The lowest BCUT2D eigenvalue weighted by Gasteiger charge is -2.22. The van der Waals surface area contributed by atoms with Crippen molar-refractivity contribution < 1.29 is 9.57 Å². The Morgan fingerprint density at radius 3 is 2.69 bits per heavy atom. The van der Waals surface area contributed by atoms with Crippen molar-refractivity contribution in [2.75, 3.05) is 7.11 Å². The third kappa shape index (κ3) is 2.53. The first-order valence-corrected chi connectivity index (χ1v) is 8.31. The molecule has 2 aromatic heterocycles. The standard InChI is InChI=1S/C19H18N4O3/c1-3-19(21-11-22-26-19)15-10-14-16(23-18(15)24)8-9-20-17(14)12-4-6-13(25-2)7-5-12/h4-11H,3H2,1-2H3,(H,21,22)(H,23,24). The van der Waals surface area contributed by atoms with Gasteiger partial charge in [0, 0.05) is 23.6 Å². The van der Waals surface area contributed by atoms with Crippen LogP contribution in [0.5, 0.6) is 5.75 Å². The predicted molar refractivity (Wildman–Crippen MR) is 99.0 cm³/mol. The molecule has 7 nitrogen and oxygen atoms in total. The van der Waals surface area contributed by atoms with Gasteiger partial charge < -0.3 is 9.72 Å². The lowest BCUT2D eigenvalue weighted by Crippen LogP contribution is -2.33. The lowest BCUT2D eigenvalue weighted by atomic mass is 9.98. The number of aliphatic imine (C=N–C) groups is 1. The van der Waals surface area contributed by atoms with Crippen molar-refractivity contribution in [3.8, 4) is 17.0 Å². The van der Waals surface area contributed by atoms with Crippen molar-refractivity contribution in [1.82, 2.24) is 15.4 Å². The van der Waals surface area contributed by atoms with Gasteiger partial charge in [-0.2, -0.15) is 0 Å². The van der Waals surface area contributed by atoms with E-state index in [9.17, 15) is 4.79 Å². The van der Waals surface area contributed by atoms with Crippen LogP contribution in [0.1, 0.15) is 18.9 Å². The first kappa shape index (κ1) is 16.3. The summed E-state index contributed by atoms with van der Waals surface area (Å²) < 4.78 is 5.22. The molecular formula is C19H18N4O3. The van der Waals surface area contributed by atoms with E-state index in [0.29, 0.717) is 17.5 Å². The summed E-state index contributed by atoms with van der Waals surface area (Å²) in [5.41, 5.74) is 4.20. The molecule has 1 aromatic carbocycles. The quantitative estimate of drug-likeness (QED) is 0.755. The molecular weight excluding hydrogens is 332 g/mol. The summed E-state index contributed by atoms with van der Waals surface area (Å²) in [6.45, 7) is 1.92. The number of hydrogen-bond acceptors (Lipinski definition) is 6. The summed E-state index contributed by atoms with van der Waals surface area (Å²) in [6, 6.07) is 11.2. The highest BCUT2D eigenvalue weighted by atomic mass is 16.7. The minimum Gasteiger partial charge on any atom is -0.497 e. The maximum Gasteiger partial charge on any atom is 0.256 e. The average molecular weight is 350 g/mol. The highest BCUT2D eigenvalue weighted by Crippen LogP contribution is 2.33. The van der Waals surface area contributed by atoms with Gasteiger partial charge in [-0.3, -0.25) is 15.3 Å². The zero-order valence-electron chi connectivity index (χ0n) is 14.4. The second kappa shape index (κ2) is 6.27. The Bertz CT molecular complexity index is 1040. The number of aromatic amines is 1. The van der Waals surface area contributed by atoms with Crippen LogP contribution in [0.2, 0.25) is 0 Å². The summed E-state index contributed by atoms with van der Waals surface area (Å²) in [5.74, 6) is 0.771. The predicted octanol–water partition coefficient (Wildman–Crippen LogP) is 2.72. The Kier molecular flexibility index (Phi) is 3.93. The molecule has 1 aliphatic rings. The first-order chi connectivity index (χ1) is 12.7. The molecule has 1 aliphatic heterocycles. The molecule has 2 N–H and O–H groups in total. The summed E-state index contributed by atoms with van der Waals surface area (Å²) in [6.07, 6.45) is 3.66. The summed E-state index contributed by atoms with van der Waals surface area (Å²) in [4.78, 5) is 30.0. The maximum absolute atomic E-state index is 12.6. The molecule has 26 heavy (non-hydrogen) atoms. The fourth-order valence-electron chi connectivity index (χ4n) is 3.16. The number of aromatic nitrogens is 2. The van der Waals surface area contributed by atoms with Gasteiger partial charge in [-0.05, 0) is 36.4 Å². The monoisotopic (exact) mass is 350 g/mol. The van der Waals surface area contributed by atoms with Crippen molar-refractivity contribution in [3.63, 3.8) is 0 Å². The number of hydrogen-bond donors (Lipinski definition) is 2. The minimum atomic E-state index is -1.03. The van der Waals surface area contributed by atoms with Crippen LogP contribution in [0.4, 0.5) is 0 Å². The topological polar surface area (TPSA) is 88.6 Å². The molecule has 0 aliphatic carbocycles. The molecule has 1 unspecified atom stereocenters. The molecule has 0 spiro atoms. The molecule has 0 saturated heterocycles. The van der Waals surface area contributed by atoms with Crippen molar-refractivity contribution in [3.05, 3.63) is 58.5 Å². The number of H-pyrrole nitrogens is 1. The van der Waals surface area contributed by atoms with Crippen LogP contribution in [0.15, 0.2) is 52.4 Å². The second-order valence-electron chi connectivity index (χ2n) is 5.98. The number of nitrogens with zero attached hydrogens (tertiary/aromatic N) is 2. The van der Waals surface area contributed by atoms with Crippen molar-refractivity contribution >= 4 is 17.2 Å². The van der Waals surface area contributed by atoms with Gasteiger partial charge in [-0.15, -0.1) is 0 Å². The van der Waals surface area contributed by atoms with E-state index in [1.54, 1.807) is 19.4 Å². The SMILES string of the molecule is CCC1(c2cc3c(-c4ccc(OC)cc4)nccc3[nH]c2=O)N=CNO1. The van der Waals surface area contributed by atoms with E-state index in [-0.39, 0.29) is 5.56 Å². The number of pyridine rings is 2. The number of hydroxylamine groups is 1. The Hall–Kier alpha value is -3.19. The highest BCUT2D eigenvalue weighted by Gasteiger charge is 2.37. The van der Waals surface area contributed by atoms with Crippen LogP contribution >= 0.6 is 0 Å². The fourth-order valence-corrected chi connectivity index (χ4v) is 3.16. The van der Waals surface area contributed by atoms with Crippen LogP contribution in [-0.4, -0.2) is 23.4 Å². The van der Waals surface area contributed by atoms with Crippen LogP contribution in [0.3, 0.4) is 0 Å².